The maximum atomic E-state index is 5.92. The topological polar surface area (TPSA) is 12.5 Å². The molecule has 1 nitrogen and oxygen atoms in total. The van der Waals surface area contributed by atoms with Gasteiger partial charge in [-0.1, -0.05) is 0 Å². The normalized spacial score (nSPS) is 88.6. The van der Waals surface area contributed by atoms with Gasteiger partial charge < -0.3 is 4.74 Å². The standard InChI is InChI=1S/C12H14O/c1-4-5-2-6-8(4)9-7(1)10(5)12(3-13-12)11(6)9/h4-11H,1-3H2/t4-,5-,6+,7-,8+,9-,10+,11-,12-/m0/s1. The third-order valence-electron chi connectivity index (χ3n) is 6.97. The Morgan fingerprint density at radius 1 is 0.846 bits per heavy atom. The van der Waals surface area contributed by atoms with Crippen LogP contribution in [0.15, 0.2) is 0 Å². The van der Waals surface area contributed by atoms with E-state index < -0.39 is 0 Å². The van der Waals surface area contributed by atoms with Gasteiger partial charge in [-0.25, -0.2) is 0 Å². The minimum atomic E-state index is 0.505. The fraction of sp³-hybridized carbons (Fsp3) is 1.00. The molecule has 1 saturated heterocycles. The van der Waals surface area contributed by atoms with Crippen LogP contribution in [0.25, 0.3) is 0 Å². The van der Waals surface area contributed by atoms with Gasteiger partial charge in [0.05, 0.1) is 12.2 Å². The molecule has 68 valence electrons. The monoisotopic (exact) mass is 174 g/mol. The number of fused-ring (bicyclic) bond motifs is 4. The summed E-state index contributed by atoms with van der Waals surface area (Å²) >= 11 is 0. The van der Waals surface area contributed by atoms with Crippen LogP contribution in [0.4, 0.5) is 0 Å². The highest BCUT2D eigenvalue weighted by Crippen LogP contribution is 2.87. The quantitative estimate of drug-likeness (QED) is 0.507. The van der Waals surface area contributed by atoms with Crippen LogP contribution in [0.5, 0.6) is 0 Å². The van der Waals surface area contributed by atoms with Crippen molar-refractivity contribution in [2.75, 3.05) is 6.61 Å². The molecule has 9 atom stereocenters. The van der Waals surface area contributed by atoms with E-state index in [1.54, 1.807) is 12.8 Å². The number of hydrogen-bond acceptors (Lipinski definition) is 1. The molecular weight excluding hydrogens is 160 g/mol. The molecule has 0 aromatic rings. The number of hydrogen-bond donors (Lipinski definition) is 0. The van der Waals surface area contributed by atoms with Gasteiger partial charge in [0.15, 0.2) is 0 Å². The highest BCUT2D eigenvalue weighted by atomic mass is 16.6. The molecule has 0 unspecified atom stereocenters. The van der Waals surface area contributed by atoms with Crippen molar-refractivity contribution >= 4 is 0 Å². The Morgan fingerprint density at radius 3 is 2.46 bits per heavy atom. The smallest absolute Gasteiger partial charge is 0.0983 e. The van der Waals surface area contributed by atoms with Gasteiger partial charge in [-0.3, -0.25) is 0 Å². The summed E-state index contributed by atoms with van der Waals surface area (Å²) in [5.41, 5.74) is 0.505. The average Bonchev–Trinajstić information content (AvgIpc) is 2.54. The molecule has 0 aromatic carbocycles. The first kappa shape index (κ1) is 5.75. The van der Waals surface area contributed by atoms with E-state index in [1.165, 1.54) is 17.8 Å². The molecule has 0 aromatic heterocycles. The van der Waals surface area contributed by atoms with Crippen LogP contribution in [-0.4, -0.2) is 12.2 Å². The predicted molar refractivity (Wildman–Crippen MR) is 45.8 cm³/mol. The van der Waals surface area contributed by atoms with Gasteiger partial charge in [0.2, 0.25) is 0 Å². The molecule has 5 aliphatic carbocycles. The van der Waals surface area contributed by atoms with E-state index in [4.69, 9.17) is 4.74 Å². The second-order valence-electron chi connectivity index (χ2n) is 6.58. The van der Waals surface area contributed by atoms with Crippen LogP contribution < -0.4 is 0 Å². The summed E-state index contributed by atoms with van der Waals surface area (Å²) in [6.45, 7) is 1.15. The Balaban J connectivity index is 1.76. The van der Waals surface area contributed by atoms with E-state index >= 15 is 0 Å². The van der Waals surface area contributed by atoms with Crippen LogP contribution in [0.2, 0.25) is 0 Å². The molecule has 6 rings (SSSR count). The summed E-state index contributed by atoms with van der Waals surface area (Å²) in [4.78, 5) is 0. The molecule has 1 aliphatic heterocycles. The maximum absolute atomic E-state index is 5.92. The lowest BCUT2D eigenvalue weighted by atomic mass is 9.57. The van der Waals surface area contributed by atoms with E-state index in [2.05, 4.69) is 0 Å². The van der Waals surface area contributed by atoms with Gasteiger partial charge in [-0.05, 0) is 60.2 Å². The van der Waals surface area contributed by atoms with Crippen molar-refractivity contribution < 1.29 is 4.74 Å². The van der Waals surface area contributed by atoms with Crippen molar-refractivity contribution in [3.05, 3.63) is 0 Å². The molecular formula is C12H14O. The van der Waals surface area contributed by atoms with Crippen molar-refractivity contribution in [2.24, 2.45) is 47.3 Å². The Kier molecular flexibility index (Phi) is 0.551. The molecule has 6 fully saturated rings. The fourth-order valence-electron chi connectivity index (χ4n) is 7.16. The van der Waals surface area contributed by atoms with Crippen LogP contribution >= 0.6 is 0 Å². The Bertz CT molecular complexity index is 339. The van der Waals surface area contributed by atoms with E-state index in [0.29, 0.717) is 5.60 Å². The summed E-state index contributed by atoms with van der Waals surface area (Å²) in [6.07, 6.45) is 3.23. The molecule has 5 saturated carbocycles. The summed E-state index contributed by atoms with van der Waals surface area (Å²) in [5.74, 6) is 9.11. The van der Waals surface area contributed by atoms with Crippen molar-refractivity contribution in [2.45, 2.75) is 18.4 Å². The molecule has 1 heterocycles. The van der Waals surface area contributed by atoms with E-state index in [-0.39, 0.29) is 0 Å². The zero-order valence-electron chi connectivity index (χ0n) is 7.65. The predicted octanol–water partition coefficient (Wildman–Crippen LogP) is 1.53. The van der Waals surface area contributed by atoms with Gasteiger partial charge >= 0.3 is 0 Å². The maximum Gasteiger partial charge on any atom is 0.0983 e. The van der Waals surface area contributed by atoms with Crippen LogP contribution in [-0.2, 0) is 4.74 Å². The Morgan fingerprint density at radius 2 is 1.62 bits per heavy atom. The van der Waals surface area contributed by atoms with Crippen molar-refractivity contribution in [1.29, 1.82) is 0 Å². The Labute approximate surface area is 77.8 Å². The Hall–Kier alpha value is -0.0400. The molecule has 2 bridgehead atoms. The summed E-state index contributed by atoms with van der Waals surface area (Å²) in [6, 6.07) is 0. The largest absolute Gasteiger partial charge is 0.369 e. The van der Waals surface area contributed by atoms with E-state index in [0.717, 1.165) is 36.2 Å². The summed E-state index contributed by atoms with van der Waals surface area (Å²) < 4.78 is 5.92. The van der Waals surface area contributed by atoms with E-state index in [1.807, 2.05) is 0 Å². The first-order valence-electron chi connectivity index (χ1n) is 6.06. The lowest BCUT2D eigenvalue weighted by Crippen LogP contribution is -2.47. The molecule has 0 N–H and O–H groups in total. The van der Waals surface area contributed by atoms with Crippen LogP contribution in [0, 0.1) is 47.3 Å². The summed E-state index contributed by atoms with van der Waals surface area (Å²) in [5, 5.41) is 0. The van der Waals surface area contributed by atoms with Gasteiger partial charge in [0, 0.05) is 0 Å². The van der Waals surface area contributed by atoms with Gasteiger partial charge in [-0.15, -0.1) is 0 Å². The number of rotatable bonds is 0. The first-order valence-corrected chi connectivity index (χ1v) is 6.06. The fourth-order valence-corrected chi connectivity index (χ4v) is 7.16. The third-order valence-corrected chi connectivity index (χ3v) is 6.97. The number of ether oxygens (including phenoxy) is 1. The molecule has 0 amide bonds. The first-order chi connectivity index (χ1) is 6.42. The van der Waals surface area contributed by atoms with E-state index in [9.17, 15) is 0 Å². The molecule has 13 heavy (non-hydrogen) atoms. The van der Waals surface area contributed by atoms with Gasteiger partial charge in [0.1, 0.15) is 0 Å². The van der Waals surface area contributed by atoms with Crippen molar-refractivity contribution in [3.63, 3.8) is 0 Å². The number of epoxide rings is 1. The molecule has 0 radical (unpaired) electrons. The third kappa shape index (κ3) is 0.319. The van der Waals surface area contributed by atoms with Gasteiger partial charge in [0.25, 0.3) is 0 Å². The van der Waals surface area contributed by atoms with Gasteiger partial charge in [-0.2, -0.15) is 0 Å². The lowest BCUT2D eigenvalue weighted by molar-refractivity contribution is -0.0168. The second-order valence-corrected chi connectivity index (χ2v) is 6.58. The highest BCUT2D eigenvalue weighted by Gasteiger charge is 2.88. The molecule has 6 aliphatic rings. The lowest BCUT2D eigenvalue weighted by Gasteiger charge is -2.46. The zero-order chi connectivity index (χ0) is 7.95. The van der Waals surface area contributed by atoms with Crippen molar-refractivity contribution in [3.8, 4) is 0 Å². The zero-order valence-corrected chi connectivity index (χ0v) is 7.65. The van der Waals surface area contributed by atoms with Crippen LogP contribution in [0.3, 0.4) is 0 Å². The minimum Gasteiger partial charge on any atom is -0.369 e. The highest BCUT2D eigenvalue weighted by molar-refractivity contribution is 5.35. The molecule has 1 spiro atoms. The SMILES string of the molecule is C1[C@@H]2[C@H]3[C@H]4C[C@H]5[C@@H]3[C@H]2[C@]2(CO2)[C@@H]5[C@@H]14. The average molecular weight is 174 g/mol. The minimum absolute atomic E-state index is 0.505. The summed E-state index contributed by atoms with van der Waals surface area (Å²) in [7, 11) is 0. The second kappa shape index (κ2) is 1.25. The van der Waals surface area contributed by atoms with Crippen molar-refractivity contribution in [1.82, 2.24) is 0 Å². The van der Waals surface area contributed by atoms with Crippen LogP contribution in [0.1, 0.15) is 12.8 Å². The molecule has 1 heteroatoms.